The van der Waals surface area contributed by atoms with Crippen LogP contribution in [0.2, 0.25) is 0 Å². The van der Waals surface area contributed by atoms with Crippen molar-refractivity contribution in [1.29, 1.82) is 0 Å². The van der Waals surface area contributed by atoms with Gasteiger partial charge in [0.25, 0.3) is 5.91 Å². The molecule has 2 atom stereocenters. The van der Waals surface area contributed by atoms with Gasteiger partial charge in [-0.2, -0.15) is 9.61 Å². The maximum Gasteiger partial charge on any atom is 0.326 e. The van der Waals surface area contributed by atoms with Crippen molar-refractivity contribution in [2.75, 3.05) is 13.1 Å². The average molecular weight is 508 g/mol. The number of aromatic amines is 2. The number of carbonyl (C=O) groups excluding carboxylic acids is 1. The number of hydrogen-bond acceptors (Lipinski definition) is 8. The lowest BCUT2D eigenvalue weighted by Gasteiger charge is -2.35. The SMILES string of the molecule is CC1CN(C(=O)c2cc(-c3cc(=NC4CC4)n4ncc(=Cc5[nH]c(=O)[nH]c5O)c4n3)cs2)CC(C)O1. The molecule has 2 unspecified atom stereocenters. The van der Waals surface area contributed by atoms with Gasteiger partial charge in [-0.25, -0.2) is 9.78 Å². The van der Waals surface area contributed by atoms with E-state index in [-0.39, 0.29) is 35.7 Å². The molecule has 2 fully saturated rings. The molecule has 0 radical (unpaired) electrons. The number of carbonyl (C=O) groups is 1. The molecule has 0 aromatic carbocycles. The second-order valence-electron chi connectivity index (χ2n) is 9.35. The van der Waals surface area contributed by atoms with Gasteiger partial charge in [-0.1, -0.05) is 0 Å². The van der Waals surface area contributed by atoms with E-state index in [0.717, 1.165) is 18.4 Å². The van der Waals surface area contributed by atoms with E-state index in [1.54, 1.807) is 16.8 Å². The fourth-order valence-electron chi connectivity index (χ4n) is 4.43. The third-order valence-corrected chi connectivity index (χ3v) is 7.11. The first-order chi connectivity index (χ1) is 17.3. The topological polar surface area (TPSA) is 141 Å². The zero-order valence-corrected chi connectivity index (χ0v) is 20.6. The van der Waals surface area contributed by atoms with Crippen molar-refractivity contribution >= 4 is 29.0 Å². The van der Waals surface area contributed by atoms with Gasteiger partial charge in [0, 0.05) is 35.3 Å². The Labute approximate surface area is 208 Å². The monoisotopic (exact) mass is 507 g/mol. The Bertz CT molecular complexity index is 1630. The third kappa shape index (κ3) is 4.33. The standard InChI is InChI=1S/C24H25N7O4S/c1-12-9-30(10-13(2)35-12)23(33)19-6-15(11-36-19)17-7-20(26-16-3-4-16)31-21(27-17)14(8-25-31)5-18-22(32)29-24(34)28-18/h5-8,11-13,16,32H,3-4,9-10H2,1-2H3,(H2,28,29,34). The Morgan fingerprint density at radius 3 is 2.72 bits per heavy atom. The normalized spacial score (nSPS) is 21.6. The Morgan fingerprint density at radius 1 is 1.25 bits per heavy atom. The Kier molecular flexibility index (Phi) is 5.49. The molecule has 0 spiro atoms. The van der Waals surface area contributed by atoms with E-state index in [2.05, 4.69) is 15.1 Å². The number of rotatable bonds is 4. The Morgan fingerprint density at radius 2 is 2.03 bits per heavy atom. The molecular formula is C24H25N7O4S. The first-order valence-corrected chi connectivity index (χ1v) is 12.7. The van der Waals surface area contributed by atoms with E-state index in [0.29, 0.717) is 40.0 Å². The number of nitrogens with one attached hydrogen (secondary N) is 2. The summed E-state index contributed by atoms with van der Waals surface area (Å²) in [6.07, 6.45) is 5.29. The van der Waals surface area contributed by atoms with Gasteiger partial charge >= 0.3 is 5.69 Å². The Hall–Kier alpha value is -3.77. The minimum atomic E-state index is -0.507. The lowest BCUT2D eigenvalue weighted by atomic mass is 10.2. The fraction of sp³-hybridized carbons (Fsp3) is 0.375. The average Bonchev–Trinajstić information content (AvgIpc) is 3.22. The highest BCUT2D eigenvalue weighted by atomic mass is 32.1. The lowest BCUT2D eigenvalue weighted by molar-refractivity contribution is -0.0585. The summed E-state index contributed by atoms with van der Waals surface area (Å²) in [6, 6.07) is 4.01. The molecule has 2 aliphatic rings. The van der Waals surface area contributed by atoms with E-state index < -0.39 is 5.69 Å². The molecule has 6 rings (SSSR count). The molecule has 1 amide bonds. The molecule has 5 heterocycles. The van der Waals surface area contributed by atoms with Crippen molar-refractivity contribution in [3.8, 4) is 17.1 Å². The summed E-state index contributed by atoms with van der Waals surface area (Å²) in [5.74, 6) is -0.270. The second-order valence-corrected chi connectivity index (χ2v) is 10.3. The molecule has 11 nitrogen and oxygen atoms in total. The molecular weight excluding hydrogens is 482 g/mol. The minimum Gasteiger partial charge on any atom is -0.493 e. The molecule has 0 bridgehead atoms. The predicted molar refractivity (Wildman–Crippen MR) is 133 cm³/mol. The number of amides is 1. The highest BCUT2D eigenvalue weighted by Crippen LogP contribution is 2.26. The van der Waals surface area contributed by atoms with Crippen LogP contribution in [-0.2, 0) is 4.74 Å². The first-order valence-electron chi connectivity index (χ1n) is 11.8. The molecule has 1 saturated heterocycles. The van der Waals surface area contributed by atoms with Crippen LogP contribution in [0.5, 0.6) is 5.88 Å². The van der Waals surface area contributed by atoms with Gasteiger partial charge in [-0.3, -0.25) is 14.8 Å². The van der Waals surface area contributed by atoms with Crippen LogP contribution in [0.15, 0.2) is 33.5 Å². The number of aromatic nitrogens is 5. The number of thiophene rings is 1. The van der Waals surface area contributed by atoms with Crippen molar-refractivity contribution in [1.82, 2.24) is 29.5 Å². The van der Waals surface area contributed by atoms with E-state index >= 15 is 0 Å². The van der Waals surface area contributed by atoms with E-state index in [4.69, 9.17) is 14.7 Å². The summed E-state index contributed by atoms with van der Waals surface area (Å²) in [4.78, 5) is 41.7. The van der Waals surface area contributed by atoms with E-state index in [1.807, 2.05) is 36.3 Å². The summed E-state index contributed by atoms with van der Waals surface area (Å²) >= 11 is 1.39. The van der Waals surface area contributed by atoms with Crippen molar-refractivity contribution in [2.24, 2.45) is 4.99 Å². The zero-order valence-electron chi connectivity index (χ0n) is 19.8. The minimum absolute atomic E-state index is 0.00117. The summed E-state index contributed by atoms with van der Waals surface area (Å²) in [7, 11) is 0. The molecule has 1 saturated carbocycles. The quantitative estimate of drug-likeness (QED) is 0.377. The van der Waals surface area contributed by atoms with Gasteiger partial charge in [-0.15, -0.1) is 11.3 Å². The van der Waals surface area contributed by atoms with Crippen LogP contribution in [0, 0.1) is 0 Å². The maximum atomic E-state index is 13.2. The molecule has 12 heteroatoms. The smallest absolute Gasteiger partial charge is 0.326 e. The largest absolute Gasteiger partial charge is 0.493 e. The summed E-state index contributed by atoms with van der Waals surface area (Å²) < 4.78 is 7.42. The van der Waals surface area contributed by atoms with Crippen LogP contribution < -0.4 is 16.4 Å². The van der Waals surface area contributed by atoms with Crippen LogP contribution in [0.3, 0.4) is 0 Å². The Balaban J connectivity index is 1.42. The number of fused-ring (bicyclic) bond motifs is 1. The fourth-order valence-corrected chi connectivity index (χ4v) is 5.29. The van der Waals surface area contributed by atoms with Crippen LogP contribution in [0.25, 0.3) is 23.0 Å². The molecule has 186 valence electrons. The summed E-state index contributed by atoms with van der Waals surface area (Å²) in [5.41, 5.74) is 2.41. The van der Waals surface area contributed by atoms with Gasteiger partial charge < -0.3 is 19.7 Å². The van der Waals surface area contributed by atoms with Crippen molar-refractivity contribution in [2.45, 2.75) is 44.9 Å². The third-order valence-electron chi connectivity index (χ3n) is 6.19. The second kappa shape index (κ2) is 8.71. The number of nitrogens with zero attached hydrogens (tertiary/aromatic N) is 5. The number of H-pyrrole nitrogens is 2. The number of hydrogen-bond donors (Lipinski definition) is 3. The van der Waals surface area contributed by atoms with Crippen molar-refractivity contribution < 1.29 is 14.6 Å². The lowest BCUT2D eigenvalue weighted by Crippen LogP contribution is -2.48. The van der Waals surface area contributed by atoms with Gasteiger partial charge in [-0.05, 0) is 38.8 Å². The summed E-state index contributed by atoms with van der Waals surface area (Å²) in [6.45, 7) is 5.08. The van der Waals surface area contributed by atoms with Crippen LogP contribution in [0.4, 0.5) is 0 Å². The summed E-state index contributed by atoms with van der Waals surface area (Å²) in [5, 5.41) is 17.0. The van der Waals surface area contributed by atoms with Gasteiger partial charge in [0.05, 0.1) is 35.0 Å². The molecule has 1 aliphatic heterocycles. The number of imidazole rings is 1. The van der Waals surface area contributed by atoms with Crippen molar-refractivity contribution in [3.63, 3.8) is 0 Å². The molecule has 4 aromatic heterocycles. The number of aromatic hydroxyl groups is 1. The highest BCUT2D eigenvalue weighted by Gasteiger charge is 2.27. The predicted octanol–water partition coefficient (Wildman–Crippen LogP) is 1.04. The van der Waals surface area contributed by atoms with Crippen LogP contribution in [-0.4, -0.2) is 71.8 Å². The van der Waals surface area contributed by atoms with Crippen LogP contribution >= 0.6 is 11.3 Å². The highest BCUT2D eigenvalue weighted by molar-refractivity contribution is 7.12. The molecule has 3 N–H and O–H groups in total. The van der Waals surface area contributed by atoms with Gasteiger partial charge in [0.1, 0.15) is 5.69 Å². The van der Waals surface area contributed by atoms with E-state index in [1.165, 1.54) is 11.3 Å². The van der Waals surface area contributed by atoms with Gasteiger partial charge in [0.2, 0.25) is 5.88 Å². The van der Waals surface area contributed by atoms with E-state index in [9.17, 15) is 14.7 Å². The van der Waals surface area contributed by atoms with Crippen molar-refractivity contribution in [3.05, 3.63) is 55.5 Å². The molecule has 36 heavy (non-hydrogen) atoms. The number of morpholine rings is 1. The molecule has 1 aliphatic carbocycles. The maximum absolute atomic E-state index is 13.2. The zero-order chi connectivity index (χ0) is 25.0. The van der Waals surface area contributed by atoms with Crippen LogP contribution in [0.1, 0.15) is 42.1 Å². The molecule has 4 aromatic rings. The van der Waals surface area contributed by atoms with Gasteiger partial charge in [0.15, 0.2) is 11.1 Å². The first kappa shape index (κ1) is 22.7. The number of ether oxygens (including phenoxy) is 1.